The third kappa shape index (κ3) is 5.94. The van der Waals surface area contributed by atoms with Crippen LogP contribution in [-0.4, -0.2) is 47.7 Å². The van der Waals surface area contributed by atoms with Gasteiger partial charge in [-0.05, 0) is 44.0 Å². The number of imide groups is 2. The van der Waals surface area contributed by atoms with Crippen molar-refractivity contribution in [3.8, 4) is 0 Å². The minimum atomic E-state index is -0.933. The molecule has 8 nitrogen and oxygen atoms in total. The normalized spacial score (nSPS) is 18.2. The molecule has 1 unspecified atom stereocenters. The molecule has 32 heavy (non-hydrogen) atoms. The van der Waals surface area contributed by atoms with Gasteiger partial charge < -0.3 is 11.1 Å². The molecule has 2 aliphatic rings. The van der Waals surface area contributed by atoms with Crippen LogP contribution in [0.2, 0.25) is 0 Å². The van der Waals surface area contributed by atoms with E-state index in [1.807, 2.05) is 0 Å². The average Bonchev–Trinajstić information content (AvgIpc) is 3.02. The molecule has 4 amide bonds. The lowest BCUT2D eigenvalue weighted by Crippen LogP contribution is -2.54. The molecule has 1 saturated heterocycles. The number of carbonyl (C=O) groups excluding carboxylic acids is 4. The quantitative estimate of drug-likeness (QED) is 0.319. The number of rotatable bonds is 13. The van der Waals surface area contributed by atoms with Gasteiger partial charge in [0, 0.05) is 18.7 Å². The highest BCUT2D eigenvalue weighted by molar-refractivity contribution is 6.23. The third-order valence-corrected chi connectivity index (χ3v) is 6.15. The summed E-state index contributed by atoms with van der Waals surface area (Å²) in [7, 11) is 0. The molecule has 0 aromatic heterocycles. The van der Waals surface area contributed by atoms with Gasteiger partial charge in [0.05, 0.1) is 11.1 Å². The number of benzene rings is 1. The number of nitrogens with two attached hydrogens (primary N) is 1. The second kappa shape index (κ2) is 11.8. The number of hydrogen-bond donors (Lipinski definition) is 3. The van der Waals surface area contributed by atoms with Crippen molar-refractivity contribution < 1.29 is 19.2 Å². The van der Waals surface area contributed by atoms with Crippen LogP contribution in [0.15, 0.2) is 18.2 Å². The largest absolute Gasteiger partial charge is 0.385 e. The number of fused-ring (bicyclic) bond motifs is 1. The smallest absolute Gasteiger partial charge is 0.262 e. The topological polar surface area (TPSA) is 122 Å². The van der Waals surface area contributed by atoms with E-state index in [0.29, 0.717) is 11.1 Å². The highest BCUT2D eigenvalue weighted by atomic mass is 16.2. The van der Waals surface area contributed by atoms with Crippen LogP contribution in [0.3, 0.4) is 0 Å². The van der Waals surface area contributed by atoms with Gasteiger partial charge in [-0.1, -0.05) is 44.9 Å². The van der Waals surface area contributed by atoms with Crippen molar-refractivity contribution in [1.82, 2.24) is 10.2 Å². The SMILES string of the molecule is NCCCCCCCCCCCNc1ccc2c(c1)C(=O)N(C1CCC(=O)NC1=O)C2=O. The minimum absolute atomic E-state index is 0.116. The number of nitrogens with zero attached hydrogens (tertiary/aromatic N) is 1. The molecule has 2 aliphatic heterocycles. The monoisotopic (exact) mass is 442 g/mol. The molecule has 8 heteroatoms. The van der Waals surface area contributed by atoms with Gasteiger partial charge in [-0.3, -0.25) is 29.4 Å². The Morgan fingerprint density at radius 1 is 0.875 bits per heavy atom. The van der Waals surface area contributed by atoms with Gasteiger partial charge in [-0.25, -0.2) is 0 Å². The molecule has 0 saturated carbocycles. The second-order valence-electron chi connectivity index (χ2n) is 8.61. The molecule has 3 rings (SSSR count). The summed E-state index contributed by atoms with van der Waals surface area (Å²) >= 11 is 0. The molecule has 0 spiro atoms. The molecule has 1 aromatic rings. The maximum atomic E-state index is 12.9. The van der Waals surface area contributed by atoms with Crippen LogP contribution in [0, 0.1) is 0 Å². The molecule has 1 atom stereocenters. The molecule has 1 aromatic carbocycles. The molecule has 0 radical (unpaired) electrons. The van der Waals surface area contributed by atoms with Gasteiger partial charge in [0.1, 0.15) is 6.04 Å². The van der Waals surface area contributed by atoms with E-state index in [0.717, 1.165) is 42.9 Å². The fourth-order valence-corrected chi connectivity index (χ4v) is 4.32. The summed E-state index contributed by atoms with van der Waals surface area (Å²) in [6.45, 7) is 1.59. The summed E-state index contributed by atoms with van der Waals surface area (Å²) < 4.78 is 0. The van der Waals surface area contributed by atoms with E-state index in [9.17, 15) is 19.2 Å². The van der Waals surface area contributed by atoms with Crippen molar-refractivity contribution in [3.05, 3.63) is 29.3 Å². The Morgan fingerprint density at radius 3 is 2.16 bits per heavy atom. The van der Waals surface area contributed by atoms with Gasteiger partial charge in [0.2, 0.25) is 11.8 Å². The Balaban J connectivity index is 1.42. The molecular weight excluding hydrogens is 408 g/mol. The highest BCUT2D eigenvalue weighted by Gasteiger charge is 2.44. The van der Waals surface area contributed by atoms with Gasteiger partial charge in [0.15, 0.2) is 0 Å². The van der Waals surface area contributed by atoms with Gasteiger partial charge in [-0.15, -0.1) is 0 Å². The molecule has 174 valence electrons. The third-order valence-electron chi connectivity index (χ3n) is 6.15. The first-order chi connectivity index (χ1) is 15.5. The number of anilines is 1. The Kier molecular flexibility index (Phi) is 8.79. The second-order valence-corrected chi connectivity index (χ2v) is 8.61. The van der Waals surface area contributed by atoms with Crippen LogP contribution in [0.1, 0.15) is 91.3 Å². The Labute approximate surface area is 189 Å². The van der Waals surface area contributed by atoms with Crippen molar-refractivity contribution in [2.45, 2.75) is 76.7 Å². The molecule has 0 aliphatic carbocycles. The highest BCUT2D eigenvalue weighted by Crippen LogP contribution is 2.29. The zero-order valence-corrected chi connectivity index (χ0v) is 18.7. The zero-order chi connectivity index (χ0) is 22.9. The number of amides is 4. The summed E-state index contributed by atoms with van der Waals surface area (Å²) in [5.41, 5.74) is 6.90. The minimum Gasteiger partial charge on any atom is -0.385 e. The fraction of sp³-hybridized carbons (Fsp3) is 0.583. The number of piperidine rings is 1. The van der Waals surface area contributed by atoms with E-state index >= 15 is 0 Å². The van der Waals surface area contributed by atoms with E-state index in [1.165, 1.54) is 38.5 Å². The van der Waals surface area contributed by atoms with Crippen LogP contribution in [0.25, 0.3) is 0 Å². The Morgan fingerprint density at radius 2 is 1.50 bits per heavy atom. The van der Waals surface area contributed by atoms with E-state index in [-0.39, 0.29) is 18.7 Å². The van der Waals surface area contributed by atoms with Crippen LogP contribution in [0.5, 0.6) is 0 Å². The van der Waals surface area contributed by atoms with Crippen LogP contribution < -0.4 is 16.4 Å². The zero-order valence-electron chi connectivity index (χ0n) is 18.7. The predicted octanol–water partition coefficient (Wildman–Crippen LogP) is 2.97. The summed E-state index contributed by atoms with van der Waals surface area (Å²) in [6.07, 6.45) is 11.2. The van der Waals surface area contributed by atoms with E-state index < -0.39 is 23.8 Å². The lowest BCUT2D eigenvalue weighted by molar-refractivity contribution is -0.136. The van der Waals surface area contributed by atoms with Crippen LogP contribution >= 0.6 is 0 Å². The molecule has 4 N–H and O–H groups in total. The lowest BCUT2D eigenvalue weighted by atomic mass is 10.0. The van der Waals surface area contributed by atoms with E-state index in [1.54, 1.807) is 18.2 Å². The fourth-order valence-electron chi connectivity index (χ4n) is 4.32. The number of unbranched alkanes of at least 4 members (excludes halogenated alkanes) is 8. The lowest BCUT2D eigenvalue weighted by Gasteiger charge is -2.27. The number of carbonyl (C=O) groups is 4. The average molecular weight is 443 g/mol. The first kappa shape index (κ1) is 23.9. The summed E-state index contributed by atoms with van der Waals surface area (Å²) in [5.74, 6) is -1.93. The molecule has 1 fully saturated rings. The van der Waals surface area contributed by atoms with E-state index in [4.69, 9.17) is 5.73 Å². The van der Waals surface area contributed by atoms with Crippen LogP contribution in [0.4, 0.5) is 5.69 Å². The van der Waals surface area contributed by atoms with E-state index in [2.05, 4.69) is 10.6 Å². The van der Waals surface area contributed by atoms with Crippen LogP contribution in [-0.2, 0) is 9.59 Å². The molecule has 2 heterocycles. The number of hydrogen-bond acceptors (Lipinski definition) is 6. The predicted molar refractivity (Wildman–Crippen MR) is 122 cm³/mol. The maximum absolute atomic E-state index is 12.9. The van der Waals surface area contributed by atoms with Gasteiger partial charge >= 0.3 is 0 Å². The Bertz CT molecular complexity index is 854. The maximum Gasteiger partial charge on any atom is 0.262 e. The number of nitrogens with one attached hydrogen (secondary N) is 2. The summed E-state index contributed by atoms with van der Waals surface area (Å²) in [4.78, 5) is 50.1. The molecule has 0 bridgehead atoms. The first-order valence-electron chi connectivity index (χ1n) is 11.8. The first-order valence-corrected chi connectivity index (χ1v) is 11.8. The summed E-state index contributed by atoms with van der Waals surface area (Å²) in [6, 6.07) is 4.17. The van der Waals surface area contributed by atoms with Crippen molar-refractivity contribution in [1.29, 1.82) is 0 Å². The van der Waals surface area contributed by atoms with Gasteiger partial charge in [0.25, 0.3) is 11.8 Å². The van der Waals surface area contributed by atoms with Gasteiger partial charge in [-0.2, -0.15) is 0 Å². The van der Waals surface area contributed by atoms with Crippen molar-refractivity contribution in [3.63, 3.8) is 0 Å². The van der Waals surface area contributed by atoms with Crippen molar-refractivity contribution in [2.75, 3.05) is 18.4 Å². The Hall–Kier alpha value is -2.74. The molecular formula is C24H34N4O4. The van der Waals surface area contributed by atoms with Crippen molar-refractivity contribution >= 4 is 29.3 Å². The standard InChI is InChI=1S/C24H34N4O4/c25-14-8-6-4-2-1-3-5-7-9-15-26-17-10-11-18-19(16-17)24(32)28(23(18)31)20-12-13-21(29)27-22(20)30/h10-11,16,20,26H,1-9,12-15,25H2,(H,27,29,30). The summed E-state index contributed by atoms with van der Waals surface area (Å²) in [5, 5.41) is 5.53. The van der Waals surface area contributed by atoms with Crippen molar-refractivity contribution in [2.24, 2.45) is 5.73 Å².